The van der Waals surface area contributed by atoms with Crippen molar-refractivity contribution in [2.24, 2.45) is 5.92 Å². The van der Waals surface area contributed by atoms with Crippen LogP contribution in [-0.2, 0) is 5.41 Å². The Labute approximate surface area is 641 Å². The molecule has 14 aromatic carbocycles. The standard InChI is InChI=1S/C99H82B4N4O2/c1-12-13-26-56(2)55-99(11)73-51-65(71-53-81-95-87-69(71)47-49-79-93(87)104(83-39-18-14-35-75(83)100(79)89-57(3)27-22-28-58(89)4)97(108)106(95)85-41-20-16-37-77(85)102(81)91-61(7)31-24-32-62(91)8)43-45-67(73)68-46-44-66(52-74(68)99)72-54-82-96-88-70(72)48-50-80-94(88)105(84-40-19-15-36-76(84)101(80)90-59(5)29-23-30-60(90)6)98(109)107(96)86-42-21-17-38-78(86)103(82)92-63(9)33-25-34-64(92)10/h14-25,27-54,56H,12-13,26,55H2,1-11H3. The van der Waals surface area contributed by atoms with E-state index < -0.39 is 5.41 Å². The van der Waals surface area contributed by atoms with Crippen molar-refractivity contribution in [2.75, 3.05) is 19.6 Å². The Morgan fingerprint density at radius 2 is 0.633 bits per heavy atom. The third-order valence-electron chi connectivity index (χ3n) is 26.7. The van der Waals surface area contributed by atoms with Crippen molar-refractivity contribution in [3.8, 4) is 33.4 Å². The number of rotatable bonds is 11. The van der Waals surface area contributed by atoms with Crippen LogP contribution in [0.2, 0.25) is 0 Å². The van der Waals surface area contributed by atoms with Gasteiger partial charge in [0.25, 0.3) is 0 Å². The highest BCUT2D eigenvalue weighted by atomic mass is 16.2. The van der Waals surface area contributed by atoms with Crippen molar-refractivity contribution in [1.82, 2.24) is 0 Å². The average Bonchev–Trinajstić information content (AvgIpc) is 1.12. The number of benzene rings is 14. The number of amides is 4. The fourth-order valence-corrected chi connectivity index (χ4v) is 22.2. The number of para-hydroxylation sites is 4. The zero-order valence-electron chi connectivity index (χ0n) is 63.9. The molecule has 0 bridgehead atoms. The molecule has 0 fully saturated rings. The summed E-state index contributed by atoms with van der Waals surface area (Å²) < 4.78 is 0. The number of aryl methyl sites for hydroxylation is 8. The average molecular weight is 1400 g/mol. The number of hydrogen-bond acceptors (Lipinski definition) is 2. The summed E-state index contributed by atoms with van der Waals surface area (Å²) in [6.07, 6.45) is 4.40. The van der Waals surface area contributed by atoms with Gasteiger partial charge in [0.1, 0.15) is 0 Å². The third-order valence-corrected chi connectivity index (χ3v) is 26.7. The molecule has 4 amide bonds. The highest BCUT2D eigenvalue weighted by Crippen LogP contribution is 2.57. The molecule has 14 aromatic rings. The molecule has 0 aromatic heterocycles. The normalized spacial score (nSPS) is 15.0. The van der Waals surface area contributed by atoms with Gasteiger partial charge >= 0.3 is 12.1 Å². The van der Waals surface area contributed by atoms with Crippen LogP contribution in [0.3, 0.4) is 0 Å². The second kappa shape index (κ2) is 23.9. The molecule has 21 rings (SSSR count). The van der Waals surface area contributed by atoms with Gasteiger partial charge in [-0.15, -0.1) is 0 Å². The quantitative estimate of drug-likeness (QED) is 0.121. The molecule has 1 atom stereocenters. The first-order valence-electron chi connectivity index (χ1n) is 39.5. The van der Waals surface area contributed by atoms with Gasteiger partial charge in [0.15, 0.2) is 0 Å². The fourth-order valence-electron chi connectivity index (χ4n) is 22.2. The number of carbonyl (C=O) groups is 2. The molecule has 6 heterocycles. The van der Waals surface area contributed by atoms with Gasteiger partial charge < -0.3 is 0 Å². The van der Waals surface area contributed by atoms with Crippen LogP contribution in [0.25, 0.3) is 54.9 Å². The Morgan fingerprint density at radius 3 is 0.954 bits per heavy atom. The largest absolute Gasteiger partial charge is 0.338 e. The third kappa shape index (κ3) is 8.97. The minimum atomic E-state index is -0.419. The molecule has 109 heavy (non-hydrogen) atoms. The van der Waals surface area contributed by atoms with Gasteiger partial charge in [-0.05, 0) is 203 Å². The Bertz CT molecular complexity index is 5920. The number of urea groups is 2. The van der Waals surface area contributed by atoms with E-state index in [4.69, 9.17) is 0 Å². The minimum absolute atomic E-state index is 0.0538. The molecule has 6 nitrogen and oxygen atoms in total. The Hall–Kier alpha value is -11.6. The lowest BCUT2D eigenvalue weighted by Gasteiger charge is -2.47. The number of hydrogen-bond donors (Lipinski definition) is 0. The van der Waals surface area contributed by atoms with E-state index in [1.807, 2.05) is 0 Å². The summed E-state index contributed by atoms with van der Waals surface area (Å²) in [5.41, 5.74) is 41.3. The summed E-state index contributed by atoms with van der Waals surface area (Å²) in [5, 5.41) is 4.50. The zero-order valence-corrected chi connectivity index (χ0v) is 63.9. The van der Waals surface area contributed by atoms with Gasteiger partial charge in [-0.3, -0.25) is 19.6 Å². The van der Waals surface area contributed by atoms with Gasteiger partial charge in [0, 0.05) is 38.9 Å². The van der Waals surface area contributed by atoms with E-state index in [0.29, 0.717) is 5.92 Å². The van der Waals surface area contributed by atoms with Gasteiger partial charge in [0.2, 0.25) is 26.9 Å². The summed E-state index contributed by atoms with van der Waals surface area (Å²) in [7, 11) is 0. The van der Waals surface area contributed by atoms with Crippen molar-refractivity contribution >= 4 is 172 Å². The second-order valence-electron chi connectivity index (χ2n) is 33.0. The van der Waals surface area contributed by atoms with Gasteiger partial charge in [-0.2, -0.15) is 0 Å². The van der Waals surface area contributed by atoms with Crippen molar-refractivity contribution < 1.29 is 9.59 Å². The van der Waals surface area contributed by atoms with E-state index in [1.54, 1.807) is 0 Å². The highest BCUT2D eigenvalue weighted by molar-refractivity contribution is 7.02. The smallest absolute Gasteiger partial charge is 0.263 e. The summed E-state index contributed by atoms with van der Waals surface area (Å²) in [6.45, 7) is 24.9. The van der Waals surface area contributed by atoms with E-state index >= 15 is 9.59 Å². The van der Waals surface area contributed by atoms with E-state index in [1.165, 1.54) is 117 Å². The molecule has 0 spiro atoms. The van der Waals surface area contributed by atoms with Crippen molar-refractivity contribution in [2.45, 2.75) is 107 Å². The molecule has 1 unspecified atom stereocenters. The Kier molecular flexibility index (Phi) is 14.4. The van der Waals surface area contributed by atoms with Gasteiger partial charge in [0.05, 0.1) is 22.7 Å². The molecular weight excluding hydrogens is 1320 g/mol. The predicted molar refractivity (Wildman–Crippen MR) is 465 cm³/mol. The molecule has 10 heteroatoms. The molecular formula is C99H82B4N4O2. The highest BCUT2D eigenvalue weighted by Gasteiger charge is 2.53. The SMILES string of the molecule is CCCCC(C)CC1(C)c2cc(-c3cc4c5c6c7c(ccc36)B(c3c(C)cccc3C)c3ccccc3N7C(=O)N5c3ccccc3B4c3c(C)cccc3C)ccc2-c2ccc(-c3cc4c5c6c7c(ccc36)B(c3c(C)cccc3C)c3ccccc3N7C(=O)N5c3ccccc3B4c3c(C)cccc3C)cc21. The van der Waals surface area contributed by atoms with Crippen LogP contribution < -0.4 is 85.2 Å². The molecule has 6 aliphatic heterocycles. The van der Waals surface area contributed by atoms with Crippen molar-refractivity contribution in [3.05, 3.63) is 298 Å². The maximum absolute atomic E-state index is 16.5. The van der Waals surface area contributed by atoms with Crippen molar-refractivity contribution in [3.63, 3.8) is 0 Å². The lowest BCUT2D eigenvalue weighted by Crippen LogP contribution is -2.65. The van der Waals surface area contributed by atoms with E-state index in [-0.39, 0.29) is 38.9 Å². The monoisotopic (exact) mass is 1400 g/mol. The lowest BCUT2D eigenvalue weighted by atomic mass is 9.32. The van der Waals surface area contributed by atoms with Crippen LogP contribution in [0, 0.1) is 61.3 Å². The van der Waals surface area contributed by atoms with Crippen LogP contribution in [0.1, 0.15) is 102 Å². The number of anilines is 8. The van der Waals surface area contributed by atoms with Crippen LogP contribution in [0.4, 0.5) is 55.1 Å². The molecule has 7 aliphatic rings. The molecule has 522 valence electrons. The maximum Gasteiger partial charge on any atom is 0.338 e. The molecule has 0 N–H and O–H groups in total. The first kappa shape index (κ1) is 65.7. The maximum atomic E-state index is 16.5. The Balaban J connectivity index is 0.814. The fraction of sp³-hybridized carbons (Fsp3) is 0.172. The summed E-state index contributed by atoms with van der Waals surface area (Å²) >= 11 is 0. The molecule has 1 aliphatic carbocycles. The van der Waals surface area contributed by atoms with E-state index in [9.17, 15) is 0 Å². The predicted octanol–water partition coefficient (Wildman–Crippen LogP) is 16.4. The van der Waals surface area contributed by atoms with E-state index in [2.05, 4.69) is 338 Å². The first-order valence-corrected chi connectivity index (χ1v) is 39.5. The summed E-state index contributed by atoms with van der Waals surface area (Å²) in [4.78, 5) is 41.3. The topological polar surface area (TPSA) is 47.1 Å². The Morgan fingerprint density at radius 1 is 0.330 bits per heavy atom. The molecule has 0 saturated heterocycles. The first-order chi connectivity index (χ1) is 53.0. The summed E-state index contributed by atoms with van der Waals surface area (Å²) in [6, 6.07) is 91.0. The van der Waals surface area contributed by atoms with Crippen LogP contribution in [0.5, 0.6) is 0 Å². The number of fused-ring (bicyclic) bond motifs is 11. The summed E-state index contributed by atoms with van der Waals surface area (Å²) in [5.74, 6) is 0.416. The number of nitrogens with zero attached hydrogens (tertiary/aromatic N) is 4. The number of unbranched alkanes of at least 4 members (excludes halogenated alkanes) is 1. The van der Waals surface area contributed by atoms with Gasteiger partial charge in [-0.1, -0.05) is 313 Å². The molecule has 0 radical (unpaired) electrons. The van der Waals surface area contributed by atoms with Crippen LogP contribution in [-0.4, -0.2) is 38.9 Å². The van der Waals surface area contributed by atoms with Gasteiger partial charge in [-0.25, -0.2) is 9.59 Å². The second-order valence-corrected chi connectivity index (χ2v) is 33.0. The van der Waals surface area contributed by atoms with E-state index in [0.717, 1.165) is 130 Å². The lowest BCUT2D eigenvalue weighted by molar-refractivity contribution is 0.254. The van der Waals surface area contributed by atoms with Crippen LogP contribution in [0.15, 0.2) is 243 Å². The molecule has 0 saturated carbocycles. The minimum Gasteiger partial charge on any atom is -0.263 e. The van der Waals surface area contributed by atoms with Crippen molar-refractivity contribution in [1.29, 1.82) is 0 Å². The number of carbonyl (C=O) groups excluding carboxylic acids is 2. The zero-order chi connectivity index (χ0) is 74.1. The van der Waals surface area contributed by atoms with Crippen LogP contribution >= 0.6 is 0 Å².